The van der Waals surface area contributed by atoms with E-state index in [4.69, 9.17) is 5.73 Å². The third-order valence-corrected chi connectivity index (χ3v) is 2.85. The van der Waals surface area contributed by atoms with Crippen LogP contribution in [0.3, 0.4) is 0 Å². The summed E-state index contributed by atoms with van der Waals surface area (Å²) in [5.41, 5.74) is 9.62. The Morgan fingerprint density at radius 3 is 3.00 bits per heavy atom. The number of nitrogens with two attached hydrogens (primary N) is 1. The Morgan fingerprint density at radius 1 is 1.20 bits per heavy atom. The summed E-state index contributed by atoms with van der Waals surface area (Å²) in [4.78, 5) is 0. The van der Waals surface area contributed by atoms with Crippen LogP contribution in [0, 0.1) is 0 Å². The molecule has 3 nitrogen and oxygen atoms in total. The molecule has 0 amide bonds. The maximum Gasteiger partial charge on any atom is 0.116 e. The zero-order chi connectivity index (χ0) is 10.3. The van der Waals surface area contributed by atoms with Gasteiger partial charge in [0.1, 0.15) is 6.17 Å². The molecule has 1 aliphatic heterocycles. The fourth-order valence-corrected chi connectivity index (χ4v) is 2.08. The molecule has 3 heteroatoms. The number of nitrogens with zero attached hydrogens (tertiary/aromatic N) is 1. The number of nitrogens with one attached hydrogen (secondary N) is 1. The third-order valence-electron chi connectivity index (χ3n) is 2.85. The normalized spacial score (nSPS) is 18.6. The summed E-state index contributed by atoms with van der Waals surface area (Å²) >= 11 is 0. The molecule has 3 rings (SSSR count). The molecule has 2 aromatic rings. The predicted molar refractivity (Wildman–Crippen MR) is 60.5 cm³/mol. The van der Waals surface area contributed by atoms with Crippen molar-refractivity contribution in [1.29, 1.82) is 0 Å². The summed E-state index contributed by atoms with van der Waals surface area (Å²) in [5, 5.41) is 3.32. The maximum absolute atomic E-state index is 6.07. The minimum atomic E-state index is -0.122. The molecule has 0 saturated carbocycles. The monoisotopic (exact) mass is 199 g/mol. The van der Waals surface area contributed by atoms with Crippen molar-refractivity contribution < 1.29 is 0 Å². The highest BCUT2D eigenvalue weighted by molar-refractivity contribution is 5.53. The molecule has 15 heavy (non-hydrogen) atoms. The standard InChI is InChI=1S/C12H13N3/c13-12-11-6-3-7-15(11)8-9-4-1-2-5-10(9)14-12/h1-7,12,14H,8,13H2. The molecule has 3 N–H and O–H groups in total. The van der Waals surface area contributed by atoms with Crippen LogP contribution in [0.2, 0.25) is 0 Å². The van der Waals surface area contributed by atoms with E-state index in [0.29, 0.717) is 0 Å². The fourth-order valence-electron chi connectivity index (χ4n) is 2.08. The van der Waals surface area contributed by atoms with Gasteiger partial charge in [-0.25, -0.2) is 0 Å². The third kappa shape index (κ3) is 1.32. The lowest BCUT2D eigenvalue weighted by Gasteiger charge is -2.13. The van der Waals surface area contributed by atoms with Gasteiger partial charge in [-0.1, -0.05) is 18.2 Å². The van der Waals surface area contributed by atoms with Crippen molar-refractivity contribution >= 4 is 5.69 Å². The second-order valence-electron chi connectivity index (χ2n) is 3.84. The van der Waals surface area contributed by atoms with E-state index in [2.05, 4.69) is 40.3 Å². The van der Waals surface area contributed by atoms with Crippen molar-refractivity contribution in [3.05, 3.63) is 53.9 Å². The van der Waals surface area contributed by atoms with Crippen molar-refractivity contribution in [2.75, 3.05) is 5.32 Å². The van der Waals surface area contributed by atoms with Gasteiger partial charge in [-0.2, -0.15) is 0 Å². The minimum absolute atomic E-state index is 0.122. The Bertz CT molecular complexity index is 487. The Balaban J connectivity index is 2.14. The predicted octanol–water partition coefficient (Wildman–Crippen LogP) is 1.92. The molecule has 1 aliphatic rings. The van der Waals surface area contributed by atoms with Gasteiger partial charge in [0.05, 0.1) is 5.69 Å². The van der Waals surface area contributed by atoms with Gasteiger partial charge < -0.3 is 15.6 Å². The van der Waals surface area contributed by atoms with Crippen LogP contribution >= 0.6 is 0 Å². The highest BCUT2D eigenvalue weighted by atomic mass is 15.1. The molecule has 0 fully saturated rings. The Hall–Kier alpha value is -1.74. The zero-order valence-corrected chi connectivity index (χ0v) is 8.35. The smallest absolute Gasteiger partial charge is 0.116 e. The van der Waals surface area contributed by atoms with Gasteiger partial charge in [0.2, 0.25) is 0 Å². The summed E-state index contributed by atoms with van der Waals surface area (Å²) in [6.45, 7) is 0.888. The van der Waals surface area contributed by atoms with E-state index >= 15 is 0 Å². The molecule has 2 heterocycles. The van der Waals surface area contributed by atoms with Crippen molar-refractivity contribution in [3.63, 3.8) is 0 Å². The van der Waals surface area contributed by atoms with Crippen LogP contribution in [-0.4, -0.2) is 4.57 Å². The SMILES string of the molecule is NC1Nc2ccccc2Cn2cccc21. The van der Waals surface area contributed by atoms with Crippen LogP contribution in [0.15, 0.2) is 42.6 Å². The van der Waals surface area contributed by atoms with Crippen molar-refractivity contribution in [1.82, 2.24) is 4.57 Å². The fraction of sp³-hybridized carbons (Fsp3) is 0.167. The van der Waals surface area contributed by atoms with E-state index in [0.717, 1.165) is 17.9 Å². The lowest BCUT2D eigenvalue weighted by atomic mass is 10.2. The molecule has 0 spiro atoms. The number of benzene rings is 1. The van der Waals surface area contributed by atoms with E-state index in [1.165, 1.54) is 5.56 Å². The Labute approximate surface area is 88.5 Å². The van der Waals surface area contributed by atoms with Crippen LogP contribution in [0.5, 0.6) is 0 Å². The number of aromatic nitrogens is 1. The van der Waals surface area contributed by atoms with Gasteiger partial charge in [-0.05, 0) is 23.8 Å². The van der Waals surface area contributed by atoms with Crippen molar-refractivity contribution in [3.8, 4) is 0 Å². The first-order chi connectivity index (χ1) is 7.34. The summed E-state index contributed by atoms with van der Waals surface area (Å²) in [7, 11) is 0. The highest BCUT2D eigenvalue weighted by Crippen LogP contribution is 2.25. The molecule has 0 saturated heterocycles. The number of fused-ring (bicyclic) bond motifs is 2. The van der Waals surface area contributed by atoms with E-state index in [9.17, 15) is 0 Å². The molecule has 0 radical (unpaired) electrons. The summed E-state index contributed by atoms with van der Waals surface area (Å²) in [5.74, 6) is 0. The molecule has 76 valence electrons. The summed E-state index contributed by atoms with van der Waals surface area (Å²) < 4.78 is 2.18. The molecular weight excluding hydrogens is 186 g/mol. The Kier molecular flexibility index (Phi) is 1.79. The lowest BCUT2D eigenvalue weighted by Crippen LogP contribution is -2.20. The number of hydrogen-bond donors (Lipinski definition) is 2. The first kappa shape index (κ1) is 8.56. The first-order valence-electron chi connectivity index (χ1n) is 5.09. The molecular formula is C12H13N3. The first-order valence-corrected chi connectivity index (χ1v) is 5.09. The van der Waals surface area contributed by atoms with Crippen LogP contribution < -0.4 is 11.1 Å². The van der Waals surface area contributed by atoms with Gasteiger partial charge >= 0.3 is 0 Å². The highest BCUT2D eigenvalue weighted by Gasteiger charge is 2.16. The lowest BCUT2D eigenvalue weighted by molar-refractivity contribution is 0.706. The second kappa shape index (κ2) is 3.14. The molecule has 1 unspecified atom stereocenters. The molecule has 0 bridgehead atoms. The van der Waals surface area contributed by atoms with Crippen LogP contribution in [0.1, 0.15) is 17.4 Å². The summed E-state index contributed by atoms with van der Waals surface area (Å²) in [6, 6.07) is 12.4. The van der Waals surface area contributed by atoms with E-state index in [-0.39, 0.29) is 6.17 Å². The molecule has 1 aromatic carbocycles. The van der Waals surface area contributed by atoms with Crippen LogP contribution in [0.25, 0.3) is 0 Å². The zero-order valence-electron chi connectivity index (χ0n) is 8.35. The average molecular weight is 199 g/mol. The van der Waals surface area contributed by atoms with Crippen molar-refractivity contribution in [2.24, 2.45) is 5.73 Å². The molecule has 1 atom stereocenters. The summed E-state index contributed by atoms with van der Waals surface area (Å²) in [6.07, 6.45) is 1.95. The number of hydrogen-bond acceptors (Lipinski definition) is 2. The van der Waals surface area contributed by atoms with Crippen molar-refractivity contribution in [2.45, 2.75) is 12.7 Å². The minimum Gasteiger partial charge on any atom is -0.365 e. The van der Waals surface area contributed by atoms with E-state index in [1.807, 2.05) is 12.1 Å². The number of anilines is 1. The number of rotatable bonds is 0. The van der Waals surface area contributed by atoms with E-state index < -0.39 is 0 Å². The van der Waals surface area contributed by atoms with Crippen LogP contribution in [0.4, 0.5) is 5.69 Å². The maximum atomic E-state index is 6.07. The Morgan fingerprint density at radius 2 is 2.07 bits per heavy atom. The molecule has 1 aromatic heterocycles. The second-order valence-corrected chi connectivity index (χ2v) is 3.84. The quantitative estimate of drug-likeness (QED) is 0.680. The van der Waals surface area contributed by atoms with Gasteiger partial charge in [0, 0.05) is 18.4 Å². The van der Waals surface area contributed by atoms with Gasteiger partial charge in [0.15, 0.2) is 0 Å². The van der Waals surface area contributed by atoms with E-state index in [1.54, 1.807) is 0 Å². The topological polar surface area (TPSA) is 43.0 Å². The van der Waals surface area contributed by atoms with Gasteiger partial charge in [0.25, 0.3) is 0 Å². The van der Waals surface area contributed by atoms with Gasteiger partial charge in [-0.15, -0.1) is 0 Å². The van der Waals surface area contributed by atoms with Gasteiger partial charge in [-0.3, -0.25) is 0 Å². The largest absolute Gasteiger partial charge is 0.365 e. The van der Waals surface area contributed by atoms with Crippen LogP contribution in [-0.2, 0) is 6.54 Å². The molecule has 0 aliphatic carbocycles. The number of para-hydroxylation sites is 1. The average Bonchev–Trinajstić information content (AvgIpc) is 2.64.